The standard InChI is InChI=1S/C15H24O3/c1-3-4-5-6-7-8-13-9-10-14(18-13)11-12-15(16)17-2/h9-10H,3-8,11-12H2,1-2H3. The normalized spacial score (nSPS) is 10.6. The highest BCUT2D eigenvalue weighted by Gasteiger charge is 2.05. The predicted octanol–water partition coefficient (Wildman–Crippen LogP) is 3.90. The van der Waals surface area contributed by atoms with E-state index in [1.807, 2.05) is 12.1 Å². The van der Waals surface area contributed by atoms with E-state index in [2.05, 4.69) is 11.7 Å². The summed E-state index contributed by atoms with van der Waals surface area (Å²) >= 11 is 0. The molecule has 0 aliphatic rings. The Hall–Kier alpha value is -1.25. The van der Waals surface area contributed by atoms with Crippen LogP contribution in [0.5, 0.6) is 0 Å². The second kappa shape index (κ2) is 8.78. The summed E-state index contributed by atoms with van der Waals surface area (Å²) in [7, 11) is 1.41. The van der Waals surface area contributed by atoms with Gasteiger partial charge in [0.05, 0.1) is 13.5 Å². The molecule has 102 valence electrons. The maximum Gasteiger partial charge on any atom is 0.305 e. The summed E-state index contributed by atoms with van der Waals surface area (Å²) in [5, 5.41) is 0. The van der Waals surface area contributed by atoms with E-state index in [-0.39, 0.29) is 5.97 Å². The van der Waals surface area contributed by atoms with Crippen molar-refractivity contribution in [2.24, 2.45) is 0 Å². The van der Waals surface area contributed by atoms with E-state index in [1.165, 1.54) is 39.2 Å². The highest BCUT2D eigenvalue weighted by Crippen LogP contribution is 2.14. The molecule has 0 bridgehead atoms. The smallest absolute Gasteiger partial charge is 0.305 e. The second-order valence-electron chi connectivity index (χ2n) is 4.61. The molecule has 0 aromatic carbocycles. The molecular formula is C15H24O3. The van der Waals surface area contributed by atoms with Gasteiger partial charge in [0.2, 0.25) is 0 Å². The van der Waals surface area contributed by atoms with Crippen molar-refractivity contribution in [1.29, 1.82) is 0 Å². The molecular weight excluding hydrogens is 228 g/mol. The number of methoxy groups -OCH3 is 1. The number of unbranched alkanes of at least 4 members (excludes halogenated alkanes) is 4. The van der Waals surface area contributed by atoms with Gasteiger partial charge >= 0.3 is 5.97 Å². The van der Waals surface area contributed by atoms with Crippen LogP contribution in [0.1, 0.15) is 57.0 Å². The SMILES string of the molecule is CCCCCCCc1ccc(CCC(=O)OC)o1. The minimum absolute atomic E-state index is 0.187. The molecule has 0 unspecified atom stereocenters. The lowest BCUT2D eigenvalue weighted by atomic mass is 10.1. The summed E-state index contributed by atoms with van der Waals surface area (Å²) in [6.45, 7) is 2.22. The number of furan rings is 1. The van der Waals surface area contributed by atoms with Crippen LogP contribution >= 0.6 is 0 Å². The van der Waals surface area contributed by atoms with Gasteiger partial charge < -0.3 is 9.15 Å². The zero-order valence-electron chi connectivity index (χ0n) is 11.5. The molecule has 0 N–H and O–H groups in total. The Balaban J connectivity index is 2.19. The van der Waals surface area contributed by atoms with Gasteiger partial charge in [-0.15, -0.1) is 0 Å². The van der Waals surface area contributed by atoms with Crippen molar-refractivity contribution in [3.05, 3.63) is 23.7 Å². The van der Waals surface area contributed by atoms with Crippen molar-refractivity contribution in [2.45, 2.75) is 58.3 Å². The number of hydrogen-bond donors (Lipinski definition) is 0. The molecule has 1 aromatic heterocycles. The second-order valence-corrected chi connectivity index (χ2v) is 4.61. The molecule has 0 amide bonds. The van der Waals surface area contributed by atoms with Gasteiger partial charge in [-0.2, -0.15) is 0 Å². The number of hydrogen-bond acceptors (Lipinski definition) is 3. The number of carbonyl (C=O) groups excluding carboxylic acids is 1. The van der Waals surface area contributed by atoms with Crippen LogP contribution in [0.2, 0.25) is 0 Å². The lowest BCUT2D eigenvalue weighted by molar-refractivity contribution is -0.140. The monoisotopic (exact) mass is 252 g/mol. The van der Waals surface area contributed by atoms with E-state index < -0.39 is 0 Å². The van der Waals surface area contributed by atoms with Gasteiger partial charge in [-0.1, -0.05) is 32.6 Å². The van der Waals surface area contributed by atoms with Gasteiger partial charge in [0, 0.05) is 12.8 Å². The van der Waals surface area contributed by atoms with Crippen LogP contribution in [0.15, 0.2) is 16.5 Å². The molecule has 0 aliphatic heterocycles. The average molecular weight is 252 g/mol. The largest absolute Gasteiger partial charge is 0.469 e. The van der Waals surface area contributed by atoms with E-state index in [9.17, 15) is 4.79 Å². The fraction of sp³-hybridized carbons (Fsp3) is 0.667. The Morgan fingerprint density at radius 1 is 1.11 bits per heavy atom. The third-order valence-corrected chi connectivity index (χ3v) is 3.05. The van der Waals surface area contributed by atoms with E-state index in [4.69, 9.17) is 4.42 Å². The van der Waals surface area contributed by atoms with E-state index in [0.29, 0.717) is 12.8 Å². The van der Waals surface area contributed by atoms with E-state index in [1.54, 1.807) is 0 Å². The van der Waals surface area contributed by atoms with Crippen molar-refractivity contribution in [2.75, 3.05) is 7.11 Å². The van der Waals surface area contributed by atoms with Gasteiger partial charge in [0.1, 0.15) is 11.5 Å². The zero-order chi connectivity index (χ0) is 13.2. The summed E-state index contributed by atoms with van der Waals surface area (Å²) in [6, 6.07) is 3.98. The first-order valence-corrected chi connectivity index (χ1v) is 6.90. The van der Waals surface area contributed by atoms with Gasteiger partial charge in [0.15, 0.2) is 0 Å². The number of ether oxygens (including phenoxy) is 1. The summed E-state index contributed by atoms with van der Waals surface area (Å²) in [6.07, 6.45) is 8.38. The summed E-state index contributed by atoms with van der Waals surface area (Å²) < 4.78 is 10.3. The van der Waals surface area contributed by atoms with Gasteiger partial charge in [0.25, 0.3) is 0 Å². The minimum Gasteiger partial charge on any atom is -0.469 e. The molecule has 0 spiro atoms. The van der Waals surface area contributed by atoms with Crippen LogP contribution in [0.4, 0.5) is 0 Å². The first-order valence-electron chi connectivity index (χ1n) is 6.90. The molecule has 3 heteroatoms. The van der Waals surface area contributed by atoms with Crippen LogP contribution in [-0.2, 0) is 22.4 Å². The Morgan fingerprint density at radius 2 is 1.78 bits per heavy atom. The molecule has 1 rings (SSSR count). The van der Waals surface area contributed by atoms with E-state index in [0.717, 1.165) is 17.9 Å². The highest BCUT2D eigenvalue weighted by molar-refractivity contribution is 5.69. The third kappa shape index (κ3) is 5.89. The molecule has 0 atom stereocenters. The lowest BCUT2D eigenvalue weighted by Gasteiger charge is -1.99. The van der Waals surface area contributed by atoms with Crippen molar-refractivity contribution < 1.29 is 13.9 Å². The first-order chi connectivity index (χ1) is 8.76. The Kier molecular flexibility index (Phi) is 7.23. The zero-order valence-corrected chi connectivity index (χ0v) is 11.5. The molecule has 0 saturated heterocycles. The number of esters is 1. The van der Waals surface area contributed by atoms with Crippen LogP contribution < -0.4 is 0 Å². The van der Waals surface area contributed by atoms with Gasteiger partial charge in [-0.25, -0.2) is 0 Å². The average Bonchev–Trinajstić information content (AvgIpc) is 2.83. The molecule has 3 nitrogen and oxygen atoms in total. The number of rotatable bonds is 9. The van der Waals surface area contributed by atoms with Crippen molar-refractivity contribution in [1.82, 2.24) is 0 Å². The topological polar surface area (TPSA) is 39.4 Å². The maximum absolute atomic E-state index is 11.0. The predicted molar refractivity (Wildman–Crippen MR) is 71.5 cm³/mol. The fourth-order valence-electron chi connectivity index (χ4n) is 1.92. The van der Waals surface area contributed by atoms with Crippen LogP contribution in [0.3, 0.4) is 0 Å². The minimum atomic E-state index is -0.187. The first kappa shape index (κ1) is 14.8. The highest BCUT2D eigenvalue weighted by atomic mass is 16.5. The Labute approximate surface area is 110 Å². The van der Waals surface area contributed by atoms with Crippen LogP contribution in [0, 0.1) is 0 Å². The maximum atomic E-state index is 11.0. The fourth-order valence-corrected chi connectivity index (χ4v) is 1.92. The Bertz CT molecular complexity index is 341. The molecule has 1 heterocycles. The number of carbonyl (C=O) groups is 1. The van der Waals surface area contributed by atoms with Crippen LogP contribution in [0.25, 0.3) is 0 Å². The van der Waals surface area contributed by atoms with Crippen LogP contribution in [-0.4, -0.2) is 13.1 Å². The van der Waals surface area contributed by atoms with Gasteiger partial charge in [-0.3, -0.25) is 4.79 Å². The van der Waals surface area contributed by atoms with Crippen molar-refractivity contribution >= 4 is 5.97 Å². The lowest BCUT2D eigenvalue weighted by Crippen LogP contribution is -2.01. The molecule has 1 aromatic rings. The quantitative estimate of drug-likeness (QED) is 0.494. The summed E-state index contributed by atoms with van der Waals surface area (Å²) in [5.74, 6) is 1.72. The molecule has 0 saturated carbocycles. The summed E-state index contributed by atoms with van der Waals surface area (Å²) in [5.41, 5.74) is 0. The third-order valence-electron chi connectivity index (χ3n) is 3.05. The van der Waals surface area contributed by atoms with E-state index >= 15 is 0 Å². The molecule has 0 fully saturated rings. The summed E-state index contributed by atoms with van der Waals surface area (Å²) in [4.78, 5) is 11.0. The van der Waals surface area contributed by atoms with Gasteiger partial charge in [-0.05, 0) is 18.6 Å². The molecule has 18 heavy (non-hydrogen) atoms. The van der Waals surface area contributed by atoms with Crippen molar-refractivity contribution in [3.63, 3.8) is 0 Å². The number of aryl methyl sites for hydroxylation is 2. The Morgan fingerprint density at radius 3 is 2.44 bits per heavy atom. The molecule has 0 aliphatic carbocycles. The molecule has 0 radical (unpaired) electrons. The van der Waals surface area contributed by atoms with Crippen molar-refractivity contribution in [3.8, 4) is 0 Å².